The third-order valence-electron chi connectivity index (χ3n) is 3.71. The molecule has 0 aliphatic rings. The van der Waals surface area contributed by atoms with E-state index in [1.165, 1.54) is 25.1 Å². The predicted octanol–water partition coefficient (Wildman–Crippen LogP) is 3.57. The molecule has 2 rings (SSSR count). The average Bonchev–Trinajstić information content (AvgIpc) is 2.65. The van der Waals surface area contributed by atoms with Crippen LogP contribution in [0.3, 0.4) is 0 Å². The summed E-state index contributed by atoms with van der Waals surface area (Å²) >= 11 is 0. The number of alkyl halides is 2. The van der Waals surface area contributed by atoms with Crippen LogP contribution in [0.4, 0.5) is 24.5 Å². The first-order chi connectivity index (χ1) is 13.2. The molecule has 1 N–H and O–H groups in total. The van der Waals surface area contributed by atoms with Crippen LogP contribution in [0.2, 0.25) is 0 Å². The third-order valence-corrected chi connectivity index (χ3v) is 3.71. The molecular formula is C18H15F3N2O5. The van der Waals surface area contributed by atoms with Gasteiger partial charge in [-0.25, -0.2) is 4.39 Å². The largest absolute Gasteiger partial charge is 0.466 e. The molecule has 0 saturated carbocycles. The lowest BCUT2D eigenvalue weighted by molar-refractivity contribution is -0.385. The number of amides is 1. The van der Waals surface area contributed by atoms with E-state index in [0.717, 1.165) is 24.3 Å². The Kier molecular flexibility index (Phi) is 6.34. The molecular weight excluding hydrogens is 381 g/mol. The molecule has 2 aromatic rings. The molecule has 0 saturated heterocycles. The normalized spacial score (nSPS) is 11.0. The first-order valence-electron chi connectivity index (χ1n) is 8.04. The van der Waals surface area contributed by atoms with Crippen molar-refractivity contribution in [2.75, 3.05) is 11.9 Å². The van der Waals surface area contributed by atoms with Gasteiger partial charge in [0.1, 0.15) is 0 Å². The van der Waals surface area contributed by atoms with Gasteiger partial charge in [0.15, 0.2) is 5.82 Å². The quantitative estimate of drug-likeness (QED) is 0.438. The Morgan fingerprint density at radius 3 is 2.39 bits per heavy atom. The predicted molar refractivity (Wildman–Crippen MR) is 92.4 cm³/mol. The fraction of sp³-hybridized carbons (Fsp3) is 0.222. The fourth-order valence-corrected chi connectivity index (χ4v) is 2.38. The molecule has 1 amide bonds. The molecule has 0 bridgehead atoms. The lowest BCUT2D eigenvalue weighted by Crippen LogP contribution is -2.32. The van der Waals surface area contributed by atoms with E-state index in [4.69, 9.17) is 0 Å². The van der Waals surface area contributed by atoms with Crippen molar-refractivity contribution < 1.29 is 32.4 Å². The van der Waals surface area contributed by atoms with Gasteiger partial charge in [-0.1, -0.05) is 30.3 Å². The molecule has 0 unspecified atom stereocenters. The maximum Gasteiger partial charge on any atom is 0.350 e. The SMILES string of the molecule is CCOC(=O)Cc1c([N+](=O)[O-])ccc(NC(=O)C(F)(F)c2ccccc2)c1F. The van der Waals surface area contributed by atoms with E-state index in [2.05, 4.69) is 4.74 Å². The number of esters is 1. The van der Waals surface area contributed by atoms with E-state index >= 15 is 0 Å². The Labute approximate surface area is 157 Å². The van der Waals surface area contributed by atoms with Gasteiger partial charge < -0.3 is 10.1 Å². The number of carbonyl (C=O) groups excluding carboxylic acids is 2. The average molecular weight is 396 g/mol. The second-order valence-corrected chi connectivity index (χ2v) is 5.56. The Balaban J connectivity index is 2.37. The summed E-state index contributed by atoms with van der Waals surface area (Å²) in [5.74, 6) is -8.10. The van der Waals surface area contributed by atoms with Crippen molar-refractivity contribution in [3.63, 3.8) is 0 Å². The topological polar surface area (TPSA) is 98.5 Å². The van der Waals surface area contributed by atoms with E-state index in [0.29, 0.717) is 0 Å². The van der Waals surface area contributed by atoms with Crippen LogP contribution in [-0.4, -0.2) is 23.4 Å². The zero-order valence-corrected chi connectivity index (χ0v) is 14.6. The molecule has 0 aliphatic carbocycles. The minimum Gasteiger partial charge on any atom is -0.466 e. The highest BCUT2D eigenvalue weighted by molar-refractivity contribution is 5.97. The molecule has 0 spiro atoms. The van der Waals surface area contributed by atoms with E-state index in [1.807, 2.05) is 0 Å². The van der Waals surface area contributed by atoms with Crippen LogP contribution in [0, 0.1) is 15.9 Å². The zero-order valence-electron chi connectivity index (χ0n) is 14.6. The summed E-state index contributed by atoms with van der Waals surface area (Å²) in [6, 6.07) is 7.74. The number of nitrogens with one attached hydrogen (secondary N) is 1. The smallest absolute Gasteiger partial charge is 0.350 e. The highest BCUT2D eigenvalue weighted by Gasteiger charge is 2.41. The van der Waals surface area contributed by atoms with Gasteiger partial charge in [-0.05, 0) is 13.0 Å². The van der Waals surface area contributed by atoms with Crippen molar-refractivity contribution in [3.05, 3.63) is 69.5 Å². The molecule has 0 heterocycles. The minimum atomic E-state index is -3.98. The number of hydrogen-bond donors (Lipinski definition) is 1. The van der Waals surface area contributed by atoms with Crippen LogP contribution in [0.1, 0.15) is 18.1 Å². The lowest BCUT2D eigenvalue weighted by atomic mass is 10.1. The molecule has 0 aliphatic heterocycles. The number of ether oxygens (including phenoxy) is 1. The van der Waals surface area contributed by atoms with Gasteiger partial charge in [0.2, 0.25) is 0 Å². The summed E-state index contributed by atoms with van der Waals surface area (Å²) in [5, 5.41) is 12.8. The number of halogens is 3. The monoisotopic (exact) mass is 396 g/mol. The Morgan fingerprint density at radius 1 is 1.18 bits per heavy atom. The van der Waals surface area contributed by atoms with Crippen LogP contribution in [0.5, 0.6) is 0 Å². The maximum absolute atomic E-state index is 14.7. The molecule has 0 radical (unpaired) electrons. The first-order valence-corrected chi connectivity index (χ1v) is 8.04. The molecule has 10 heteroatoms. The third kappa shape index (κ3) is 4.45. The molecule has 148 valence electrons. The van der Waals surface area contributed by atoms with Crippen LogP contribution < -0.4 is 5.32 Å². The summed E-state index contributed by atoms with van der Waals surface area (Å²) in [7, 11) is 0. The second kappa shape index (κ2) is 8.51. The molecule has 28 heavy (non-hydrogen) atoms. The van der Waals surface area contributed by atoms with E-state index in [1.54, 1.807) is 5.32 Å². The van der Waals surface area contributed by atoms with E-state index < -0.39 is 57.5 Å². The molecule has 0 aromatic heterocycles. The fourth-order valence-electron chi connectivity index (χ4n) is 2.38. The van der Waals surface area contributed by atoms with Crippen LogP contribution in [0.15, 0.2) is 42.5 Å². The van der Waals surface area contributed by atoms with Crippen molar-refractivity contribution in [1.29, 1.82) is 0 Å². The number of rotatable bonds is 7. The summed E-state index contributed by atoms with van der Waals surface area (Å²) in [6.07, 6.45) is -0.797. The zero-order chi connectivity index (χ0) is 20.9. The van der Waals surface area contributed by atoms with Crippen molar-refractivity contribution in [2.45, 2.75) is 19.3 Å². The highest BCUT2D eigenvalue weighted by atomic mass is 19.3. The van der Waals surface area contributed by atoms with Crippen LogP contribution >= 0.6 is 0 Å². The Hall–Kier alpha value is -3.43. The van der Waals surface area contributed by atoms with Crippen molar-refractivity contribution in [3.8, 4) is 0 Å². The summed E-state index contributed by atoms with van der Waals surface area (Å²) in [5.41, 5.74) is -2.74. The summed E-state index contributed by atoms with van der Waals surface area (Å²) < 4.78 is 47.8. The van der Waals surface area contributed by atoms with Gasteiger partial charge in [0, 0.05) is 11.6 Å². The minimum absolute atomic E-state index is 0.0338. The van der Waals surface area contributed by atoms with Crippen LogP contribution in [-0.2, 0) is 26.7 Å². The van der Waals surface area contributed by atoms with Crippen molar-refractivity contribution >= 4 is 23.3 Å². The van der Waals surface area contributed by atoms with Gasteiger partial charge in [0.25, 0.3) is 11.6 Å². The number of benzene rings is 2. The van der Waals surface area contributed by atoms with E-state index in [-0.39, 0.29) is 6.61 Å². The number of carbonyl (C=O) groups is 2. The number of anilines is 1. The first kappa shape index (κ1) is 20.9. The van der Waals surface area contributed by atoms with Gasteiger partial charge in [-0.3, -0.25) is 19.7 Å². The highest BCUT2D eigenvalue weighted by Crippen LogP contribution is 2.32. The van der Waals surface area contributed by atoms with Crippen molar-refractivity contribution in [1.82, 2.24) is 0 Å². The van der Waals surface area contributed by atoms with Gasteiger partial charge in [0.05, 0.1) is 29.2 Å². The Bertz CT molecular complexity index is 904. The van der Waals surface area contributed by atoms with Crippen molar-refractivity contribution in [2.24, 2.45) is 0 Å². The van der Waals surface area contributed by atoms with Gasteiger partial charge in [-0.15, -0.1) is 0 Å². The number of hydrogen-bond acceptors (Lipinski definition) is 5. The summed E-state index contributed by atoms with van der Waals surface area (Å²) in [4.78, 5) is 33.7. The second-order valence-electron chi connectivity index (χ2n) is 5.56. The standard InChI is InChI=1S/C18H15F3N2O5/c1-2-28-15(24)10-12-14(23(26)27)9-8-13(16(12)19)22-17(25)18(20,21)11-6-4-3-5-7-11/h3-9H,2,10H2,1H3,(H,22,25). The van der Waals surface area contributed by atoms with Gasteiger partial charge in [-0.2, -0.15) is 8.78 Å². The Morgan fingerprint density at radius 2 is 1.82 bits per heavy atom. The summed E-state index contributed by atoms with van der Waals surface area (Å²) in [6.45, 7) is 1.46. The molecule has 7 nitrogen and oxygen atoms in total. The lowest BCUT2D eigenvalue weighted by Gasteiger charge is -2.17. The van der Waals surface area contributed by atoms with E-state index in [9.17, 15) is 32.9 Å². The van der Waals surface area contributed by atoms with Gasteiger partial charge >= 0.3 is 11.9 Å². The maximum atomic E-state index is 14.7. The molecule has 0 fully saturated rings. The number of nitro groups is 1. The molecule has 0 atom stereocenters. The molecule has 2 aromatic carbocycles. The number of nitro benzene ring substituents is 1. The van der Waals surface area contributed by atoms with Crippen LogP contribution in [0.25, 0.3) is 0 Å². The number of nitrogens with zero attached hydrogens (tertiary/aromatic N) is 1.